The van der Waals surface area contributed by atoms with E-state index in [0.717, 1.165) is 26.4 Å². The number of carbonyl (C=O) groups excluding carboxylic acids is 2. The molecule has 0 fully saturated rings. The molecule has 3 aromatic carbocycles. The summed E-state index contributed by atoms with van der Waals surface area (Å²) in [4.78, 5) is 29.3. The molecule has 9 nitrogen and oxygen atoms in total. The molecule has 0 aliphatic heterocycles. The second kappa shape index (κ2) is 16.2. The molecule has 0 radical (unpaired) electrons. The largest absolute Gasteiger partial charge is 0.390 e. The number of aliphatic hydroxyl groups excluding tert-OH is 1. The van der Waals surface area contributed by atoms with Gasteiger partial charge >= 0.3 is 0 Å². The predicted molar refractivity (Wildman–Crippen MR) is 189 cm³/mol. The highest BCUT2D eigenvalue weighted by Gasteiger charge is 2.25. The van der Waals surface area contributed by atoms with Crippen LogP contribution in [0.25, 0.3) is 0 Å². The Morgan fingerprint density at radius 2 is 1.47 bits per heavy atom. The summed E-state index contributed by atoms with van der Waals surface area (Å²) in [5, 5.41) is 20.6. The van der Waals surface area contributed by atoms with Crippen LogP contribution < -0.4 is 20.7 Å². The van der Waals surface area contributed by atoms with Crippen LogP contribution in [0.5, 0.6) is 0 Å². The molecule has 0 bridgehead atoms. The van der Waals surface area contributed by atoms with Crippen LogP contribution in [0.2, 0.25) is 0 Å². The number of aliphatic hydroxyl groups is 1. The maximum atomic E-state index is 13.8. The van der Waals surface area contributed by atoms with Crippen molar-refractivity contribution in [3.05, 3.63) is 123 Å². The molecule has 47 heavy (non-hydrogen) atoms. The molecule has 0 aliphatic carbocycles. The van der Waals surface area contributed by atoms with Crippen LogP contribution in [0.1, 0.15) is 80.0 Å². The molecular weight excluding hydrogens is 633 g/mol. The van der Waals surface area contributed by atoms with E-state index in [-0.39, 0.29) is 41.2 Å². The number of sulfonamides is 1. The van der Waals surface area contributed by atoms with Gasteiger partial charge < -0.3 is 21.1 Å². The number of nitrogens with one attached hydrogen (secondary N) is 4. The van der Waals surface area contributed by atoms with Gasteiger partial charge in [-0.25, -0.2) is 8.42 Å². The summed E-state index contributed by atoms with van der Waals surface area (Å²) < 4.78 is 27.4. The van der Waals surface area contributed by atoms with Gasteiger partial charge in [-0.1, -0.05) is 60.2 Å². The molecule has 250 valence electrons. The van der Waals surface area contributed by atoms with Crippen molar-refractivity contribution in [1.29, 1.82) is 0 Å². The molecule has 0 saturated heterocycles. The quantitative estimate of drug-likeness (QED) is 0.110. The molecule has 4 aromatic rings. The van der Waals surface area contributed by atoms with Gasteiger partial charge in [-0.2, -0.15) is 0 Å². The number of thiophene rings is 1. The molecule has 1 aromatic heterocycles. The van der Waals surface area contributed by atoms with E-state index in [0.29, 0.717) is 6.42 Å². The SMILES string of the molecule is CCS(=O)(=O)Nc1cc(C(=O)NC(C)c2ccc(C)s2)cc(C(=O)N[C@@H](Cc2ccccc2)[C@H](O)CN[C@H](C)c2ccc(C)cc2)c1. The summed E-state index contributed by atoms with van der Waals surface area (Å²) in [6.07, 6.45) is -0.617. The standard InChI is InChI=1S/C36H44N4O5S2/c1-6-47(44,45)40-31-20-29(35(42)38-26(5)34-17-14-24(3)46-34)19-30(21-31)36(43)39-32(18-27-10-8-7-9-11-27)33(41)22-37-25(4)28-15-12-23(2)13-16-28/h7-17,19-21,25-26,32-33,37,40-41H,6,18,22H2,1-5H3,(H,38,42)(H,39,43)/t25-,26?,32+,33-/m1/s1. The Morgan fingerprint density at radius 3 is 2.06 bits per heavy atom. The van der Waals surface area contributed by atoms with Gasteiger partial charge in [0.05, 0.1) is 29.6 Å². The first-order valence-corrected chi connectivity index (χ1v) is 18.2. The minimum Gasteiger partial charge on any atom is -0.390 e. The van der Waals surface area contributed by atoms with Gasteiger partial charge in [0.2, 0.25) is 10.0 Å². The summed E-state index contributed by atoms with van der Waals surface area (Å²) in [5.74, 6) is -1.19. The Balaban J connectivity index is 1.58. The first kappa shape index (κ1) is 35.8. The van der Waals surface area contributed by atoms with Gasteiger partial charge in [-0.05, 0) is 82.5 Å². The Kier molecular flexibility index (Phi) is 12.3. The van der Waals surface area contributed by atoms with E-state index >= 15 is 0 Å². The van der Waals surface area contributed by atoms with Crippen LogP contribution in [0.15, 0.2) is 84.9 Å². The van der Waals surface area contributed by atoms with Crippen molar-refractivity contribution in [2.45, 2.75) is 65.3 Å². The van der Waals surface area contributed by atoms with Crippen molar-refractivity contribution < 1.29 is 23.1 Å². The van der Waals surface area contributed by atoms with E-state index in [2.05, 4.69) is 20.7 Å². The maximum absolute atomic E-state index is 13.8. The van der Waals surface area contributed by atoms with Gasteiger partial charge in [-0.15, -0.1) is 11.3 Å². The van der Waals surface area contributed by atoms with Crippen molar-refractivity contribution in [2.75, 3.05) is 17.0 Å². The summed E-state index contributed by atoms with van der Waals surface area (Å²) in [5.41, 5.74) is 3.46. The van der Waals surface area contributed by atoms with Crippen LogP contribution in [-0.4, -0.2) is 49.8 Å². The highest BCUT2D eigenvalue weighted by atomic mass is 32.2. The number of hydrogen-bond donors (Lipinski definition) is 5. The smallest absolute Gasteiger partial charge is 0.251 e. The fraction of sp³-hybridized carbons (Fsp3) is 0.333. The van der Waals surface area contributed by atoms with E-state index in [1.165, 1.54) is 25.1 Å². The fourth-order valence-corrected chi connectivity index (χ4v) is 6.55. The lowest BCUT2D eigenvalue weighted by Gasteiger charge is -2.26. The number of benzene rings is 3. The monoisotopic (exact) mass is 676 g/mol. The number of aryl methyl sites for hydroxylation is 2. The normalized spacial score (nSPS) is 14.1. The van der Waals surface area contributed by atoms with E-state index < -0.39 is 34.0 Å². The van der Waals surface area contributed by atoms with Crippen molar-refractivity contribution in [3.8, 4) is 0 Å². The molecule has 0 saturated carbocycles. The Bertz CT molecular complexity index is 1760. The minimum atomic E-state index is -3.70. The minimum absolute atomic E-state index is 0.0387. The molecule has 4 atom stereocenters. The average molecular weight is 677 g/mol. The zero-order chi connectivity index (χ0) is 34.1. The number of anilines is 1. The molecule has 1 heterocycles. The third-order valence-electron chi connectivity index (χ3n) is 7.94. The lowest BCUT2D eigenvalue weighted by molar-refractivity contribution is 0.0825. The third kappa shape index (κ3) is 10.5. The average Bonchev–Trinajstić information content (AvgIpc) is 3.49. The predicted octanol–water partition coefficient (Wildman–Crippen LogP) is 5.67. The van der Waals surface area contributed by atoms with Crippen LogP contribution in [-0.2, 0) is 16.4 Å². The van der Waals surface area contributed by atoms with Crippen LogP contribution in [0.3, 0.4) is 0 Å². The number of rotatable bonds is 15. The molecule has 4 rings (SSSR count). The van der Waals surface area contributed by atoms with Crippen LogP contribution >= 0.6 is 11.3 Å². The van der Waals surface area contributed by atoms with Gasteiger partial charge in [0.1, 0.15) is 0 Å². The van der Waals surface area contributed by atoms with E-state index in [1.807, 2.05) is 94.4 Å². The summed E-state index contributed by atoms with van der Waals surface area (Å²) >= 11 is 1.57. The number of hydrogen-bond acceptors (Lipinski definition) is 7. The maximum Gasteiger partial charge on any atom is 0.251 e. The fourth-order valence-electron chi connectivity index (χ4n) is 5.05. The van der Waals surface area contributed by atoms with Crippen LogP contribution in [0, 0.1) is 13.8 Å². The zero-order valence-electron chi connectivity index (χ0n) is 27.4. The number of carbonyl (C=O) groups is 2. The molecule has 5 N–H and O–H groups in total. The van der Waals surface area contributed by atoms with E-state index in [9.17, 15) is 23.1 Å². The van der Waals surface area contributed by atoms with Gasteiger partial charge in [0, 0.05) is 33.5 Å². The van der Waals surface area contributed by atoms with Crippen molar-refractivity contribution in [2.24, 2.45) is 0 Å². The van der Waals surface area contributed by atoms with Gasteiger partial charge in [0.25, 0.3) is 11.8 Å². The van der Waals surface area contributed by atoms with E-state index in [4.69, 9.17) is 0 Å². The van der Waals surface area contributed by atoms with Crippen molar-refractivity contribution in [3.63, 3.8) is 0 Å². The topological polar surface area (TPSA) is 137 Å². The Labute approximate surface area is 281 Å². The molecule has 11 heteroatoms. The third-order valence-corrected chi connectivity index (χ3v) is 10.4. The number of amides is 2. The first-order chi connectivity index (χ1) is 22.3. The first-order valence-electron chi connectivity index (χ1n) is 15.7. The van der Waals surface area contributed by atoms with E-state index in [1.54, 1.807) is 11.3 Å². The second-order valence-electron chi connectivity index (χ2n) is 11.8. The Hall–Kier alpha value is -4.03. The molecule has 1 unspecified atom stereocenters. The second-order valence-corrected chi connectivity index (χ2v) is 15.2. The summed E-state index contributed by atoms with van der Waals surface area (Å²) in [6, 6.07) is 24.8. The molecule has 2 amide bonds. The summed E-state index contributed by atoms with van der Waals surface area (Å²) in [6.45, 7) is 9.59. The lowest BCUT2D eigenvalue weighted by Crippen LogP contribution is -2.49. The summed E-state index contributed by atoms with van der Waals surface area (Å²) in [7, 11) is -3.70. The van der Waals surface area contributed by atoms with Gasteiger partial charge in [0.15, 0.2) is 0 Å². The highest BCUT2D eigenvalue weighted by Crippen LogP contribution is 2.24. The lowest BCUT2D eigenvalue weighted by atomic mass is 9.99. The Morgan fingerprint density at radius 1 is 0.830 bits per heavy atom. The highest BCUT2D eigenvalue weighted by molar-refractivity contribution is 7.92. The van der Waals surface area contributed by atoms with Crippen LogP contribution in [0.4, 0.5) is 5.69 Å². The van der Waals surface area contributed by atoms with Crippen molar-refractivity contribution in [1.82, 2.24) is 16.0 Å². The molecular formula is C36H44N4O5S2. The van der Waals surface area contributed by atoms with Gasteiger partial charge in [-0.3, -0.25) is 14.3 Å². The van der Waals surface area contributed by atoms with Crippen molar-refractivity contribution >= 4 is 38.9 Å². The molecule has 0 spiro atoms. The molecule has 0 aliphatic rings. The zero-order valence-corrected chi connectivity index (χ0v) is 29.0.